The van der Waals surface area contributed by atoms with Crippen LogP contribution in [0.2, 0.25) is 0 Å². The largest absolute Gasteiger partial charge is 0.355 e. The summed E-state index contributed by atoms with van der Waals surface area (Å²) in [6, 6.07) is 44.1. The van der Waals surface area contributed by atoms with E-state index in [0.717, 1.165) is 55.8 Å². The third-order valence-corrected chi connectivity index (χ3v) is 8.86. The first-order valence-electron chi connectivity index (χ1n) is 13.4. The summed E-state index contributed by atoms with van der Waals surface area (Å²) in [7, 11) is 0. The number of para-hydroxylation sites is 1. The fourth-order valence-corrected chi connectivity index (χ4v) is 7.11. The van der Waals surface area contributed by atoms with Gasteiger partial charge in [0.05, 0.1) is 5.25 Å². The number of rotatable bonds is 6. The molecule has 1 unspecified atom stereocenters. The number of nitrogens with zero attached hydrogens (tertiary/aromatic N) is 1. The van der Waals surface area contributed by atoms with Crippen LogP contribution in [0.4, 0.5) is 4.79 Å². The van der Waals surface area contributed by atoms with Crippen LogP contribution in [0.15, 0.2) is 133 Å². The van der Waals surface area contributed by atoms with Crippen molar-refractivity contribution in [2.75, 3.05) is 0 Å². The molecule has 1 fully saturated rings. The Hall–Kier alpha value is -4.61. The van der Waals surface area contributed by atoms with Crippen molar-refractivity contribution in [3.8, 4) is 0 Å². The highest BCUT2D eigenvalue weighted by Gasteiger charge is 2.53. The normalized spacial score (nSPS) is 15.8. The summed E-state index contributed by atoms with van der Waals surface area (Å²) < 4.78 is 0. The second-order valence-electron chi connectivity index (χ2n) is 10.1. The molecule has 1 saturated heterocycles. The predicted molar refractivity (Wildman–Crippen MR) is 162 cm³/mol. The van der Waals surface area contributed by atoms with Crippen LogP contribution in [0.25, 0.3) is 21.8 Å². The fourth-order valence-electron chi connectivity index (χ4n) is 6.05. The molecule has 7 rings (SSSR count). The molecule has 0 saturated carbocycles. The average Bonchev–Trinajstić information content (AvgIpc) is 3.51. The molecular weight excluding hydrogens is 512 g/mol. The highest BCUT2D eigenvalue weighted by molar-refractivity contribution is 8.15. The van der Waals surface area contributed by atoms with Crippen LogP contribution in [-0.2, 0) is 16.8 Å². The van der Waals surface area contributed by atoms with Crippen LogP contribution in [0.3, 0.4) is 0 Å². The van der Waals surface area contributed by atoms with Gasteiger partial charge in [-0.2, -0.15) is 0 Å². The Morgan fingerprint density at radius 3 is 1.75 bits per heavy atom. The number of fused-ring (bicyclic) bond motifs is 3. The van der Waals surface area contributed by atoms with Crippen molar-refractivity contribution in [2.24, 2.45) is 0 Å². The standard InChI is InChI=1S/C35H26N2O2S/c38-33-32(23-24-20-21-31-29(22-24)28-18-10-11-19-30(28)36-31)40-34(39)37(33)35(25-12-4-1-5-13-25,26-14-6-2-7-15-26)27-16-8-3-9-17-27/h1-22,32,36H,23H2. The average molecular weight is 539 g/mol. The molecule has 6 aromatic rings. The zero-order valence-corrected chi connectivity index (χ0v) is 22.5. The Bertz CT molecular complexity index is 1750. The number of benzene rings is 5. The fraction of sp³-hybridized carbons (Fsp3) is 0.0857. The maximum Gasteiger partial charge on any atom is 0.290 e. The minimum Gasteiger partial charge on any atom is -0.355 e. The topological polar surface area (TPSA) is 53.2 Å². The van der Waals surface area contributed by atoms with Gasteiger partial charge in [-0.15, -0.1) is 0 Å². The van der Waals surface area contributed by atoms with E-state index in [-0.39, 0.29) is 11.1 Å². The molecule has 1 N–H and O–H groups in total. The zero-order chi connectivity index (χ0) is 27.1. The van der Waals surface area contributed by atoms with E-state index in [2.05, 4.69) is 35.3 Å². The van der Waals surface area contributed by atoms with Gasteiger partial charge in [-0.05, 0) is 46.9 Å². The van der Waals surface area contributed by atoms with Gasteiger partial charge in [0.2, 0.25) is 5.91 Å². The molecule has 2 heterocycles. The molecule has 0 spiro atoms. The van der Waals surface area contributed by atoms with E-state index in [1.807, 2.05) is 103 Å². The molecule has 2 amide bonds. The van der Waals surface area contributed by atoms with E-state index in [9.17, 15) is 9.59 Å². The highest BCUT2D eigenvalue weighted by Crippen LogP contribution is 2.48. The number of carbonyl (C=O) groups excluding carboxylic acids is 2. The first-order valence-corrected chi connectivity index (χ1v) is 14.2. The van der Waals surface area contributed by atoms with Gasteiger partial charge in [-0.3, -0.25) is 14.5 Å². The lowest BCUT2D eigenvalue weighted by atomic mass is 9.75. The van der Waals surface area contributed by atoms with Gasteiger partial charge in [-0.25, -0.2) is 0 Å². The van der Waals surface area contributed by atoms with Gasteiger partial charge in [0, 0.05) is 21.8 Å². The molecule has 40 heavy (non-hydrogen) atoms. The summed E-state index contributed by atoms with van der Waals surface area (Å²) in [4.78, 5) is 33.3. The monoisotopic (exact) mass is 538 g/mol. The van der Waals surface area contributed by atoms with Gasteiger partial charge >= 0.3 is 0 Å². The summed E-state index contributed by atoms with van der Waals surface area (Å²) in [6.45, 7) is 0. The van der Waals surface area contributed by atoms with Gasteiger partial charge in [0.15, 0.2) is 0 Å². The first kappa shape index (κ1) is 24.4. The Morgan fingerprint density at radius 1 is 0.625 bits per heavy atom. The van der Waals surface area contributed by atoms with Crippen molar-refractivity contribution in [3.63, 3.8) is 0 Å². The summed E-state index contributed by atoms with van der Waals surface area (Å²) >= 11 is 1.13. The third kappa shape index (κ3) is 3.85. The number of aromatic amines is 1. The molecule has 194 valence electrons. The maximum atomic E-state index is 14.4. The first-order chi connectivity index (χ1) is 19.7. The number of amides is 2. The number of nitrogens with one attached hydrogen (secondary N) is 1. The summed E-state index contributed by atoms with van der Waals surface area (Å²) in [5.41, 5.74) is 4.69. The number of aromatic nitrogens is 1. The summed E-state index contributed by atoms with van der Waals surface area (Å²) in [5.74, 6) is -0.175. The molecule has 0 bridgehead atoms. The SMILES string of the molecule is O=C1SC(Cc2ccc3[nH]c4ccccc4c3c2)C(=O)N1C(c1ccccc1)(c1ccccc1)c1ccccc1. The minimum absolute atomic E-state index is 0.175. The smallest absolute Gasteiger partial charge is 0.290 e. The Kier molecular flexibility index (Phi) is 6.02. The summed E-state index contributed by atoms with van der Waals surface area (Å²) in [5, 5.41) is 1.52. The van der Waals surface area contributed by atoms with Crippen molar-refractivity contribution in [2.45, 2.75) is 17.2 Å². The van der Waals surface area contributed by atoms with E-state index in [0.29, 0.717) is 6.42 Å². The second-order valence-corrected chi connectivity index (χ2v) is 11.3. The van der Waals surface area contributed by atoms with Gasteiger partial charge in [0.1, 0.15) is 5.54 Å². The number of thioether (sulfide) groups is 1. The van der Waals surface area contributed by atoms with Crippen LogP contribution >= 0.6 is 11.8 Å². The van der Waals surface area contributed by atoms with E-state index in [1.165, 1.54) is 4.90 Å². The predicted octanol–water partition coefficient (Wildman–Crippen LogP) is 7.92. The number of imide groups is 1. The number of H-pyrrole nitrogens is 1. The Morgan fingerprint density at radius 2 is 1.15 bits per heavy atom. The van der Waals surface area contributed by atoms with Crippen LogP contribution in [0.5, 0.6) is 0 Å². The number of carbonyl (C=O) groups is 2. The molecule has 1 aromatic heterocycles. The van der Waals surface area contributed by atoms with Crippen LogP contribution < -0.4 is 0 Å². The van der Waals surface area contributed by atoms with E-state index in [4.69, 9.17) is 0 Å². The molecule has 0 aliphatic carbocycles. The molecule has 5 heteroatoms. The lowest BCUT2D eigenvalue weighted by Crippen LogP contribution is -2.51. The van der Waals surface area contributed by atoms with Gasteiger partial charge in [0.25, 0.3) is 5.24 Å². The van der Waals surface area contributed by atoms with Crippen molar-refractivity contribution in [1.82, 2.24) is 9.88 Å². The van der Waals surface area contributed by atoms with E-state index in [1.54, 1.807) is 0 Å². The molecule has 5 aromatic carbocycles. The number of hydrogen-bond donors (Lipinski definition) is 1. The molecule has 1 aliphatic rings. The van der Waals surface area contributed by atoms with E-state index < -0.39 is 10.8 Å². The van der Waals surface area contributed by atoms with Crippen LogP contribution in [-0.4, -0.2) is 26.3 Å². The molecule has 1 aliphatic heterocycles. The Labute approximate surface area is 236 Å². The zero-order valence-electron chi connectivity index (χ0n) is 21.7. The third-order valence-electron chi connectivity index (χ3n) is 7.82. The second kappa shape index (κ2) is 9.85. The lowest BCUT2D eigenvalue weighted by molar-refractivity contribution is -0.129. The van der Waals surface area contributed by atoms with Gasteiger partial charge in [-0.1, -0.05) is 127 Å². The summed E-state index contributed by atoms with van der Waals surface area (Å²) in [6.07, 6.45) is 0.468. The minimum atomic E-state index is -1.10. The molecule has 0 radical (unpaired) electrons. The van der Waals surface area contributed by atoms with Crippen molar-refractivity contribution < 1.29 is 9.59 Å². The molecular formula is C35H26N2O2S. The van der Waals surface area contributed by atoms with Crippen LogP contribution in [0, 0.1) is 0 Å². The number of hydrogen-bond acceptors (Lipinski definition) is 3. The van der Waals surface area contributed by atoms with Crippen molar-refractivity contribution in [1.29, 1.82) is 0 Å². The molecule has 1 atom stereocenters. The molecule has 4 nitrogen and oxygen atoms in total. The van der Waals surface area contributed by atoms with Crippen molar-refractivity contribution >= 4 is 44.7 Å². The van der Waals surface area contributed by atoms with Crippen LogP contribution in [0.1, 0.15) is 22.3 Å². The highest BCUT2D eigenvalue weighted by atomic mass is 32.2. The Balaban J connectivity index is 1.34. The van der Waals surface area contributed by atoms with E-state index >= 15 is 0 Å². The quantitative estimate of drug-likeness (QED) is 0.219. The van der Waals surface area contributed by atoms with Crippen molar-refractivity contribution in [3.05, 3.63) is 156 Å². The van der Waals surface area contributed by atoms with Gasteiger partial charge < -0.3 is 4.98 Å². The lowest BCUT2D eigenvalue weighted by Gasteiger charge is -2.42. The maximum absolute atomic E-state index is 14.4.